The highest BCUT2D eigenvalue weighted by Gasteiger charge is 2.27. The molecule has 0 saturated heterocycles. The number of unbranched alkanes of at least 4 members (excludes halogenated alkanes) is 1. The zero-order valence-electron chi connectivity index (χ0n) is 21.4. The molecule has 0 unspecified atom stereocenters. The van der Waals surface area contributed by atoms with Crippen LogP contribution in [-0.2, 0) is 14.8 Å². The molecule has 0 saturated carbocycles. The number of nitrogens with one attached hydrogen (secondary N) is 1. The minimum absolute atomic E-state index is 0.0501. The van der Waals surface area contributed by atoms with Crippen molar-refractivity contribution in [1.82, 2.24) is 5.43 Å². The van der Waals surface area contributed by atoms with Crippen LogP contribution in [0.3, 0.4) is 0 Å². The number of aryl methyl sites for hydroxylation is 1. The van der Waals surface area contributed by atoms with E-state index in [1.54, 1.807) is 36.4 Å². The van der Waals surface area contributed by atoms with Crippen LogP contribution < -0.4 is 19.2 Å². The monoisotopic (exact) mass is 523 g/mol. The Balaban J connectivity index is 1.72. The van der Waals surface area contributed by atoms with Crippen LogP contribution in [0, 0.1) is 6.92 Å². The predicted octanol–water partition coefficient (Wildman–Crippen LogP) is 4.92. The zero-order valence-corrected chi connectivity index (χ0v) is 22.2. The summed E-state index contributed by atoms with van der Waals surface area (Å²) in [7, 11) is -4.03. The molecular weight excluding hydrogens is 490 g/mol. The molecule has 8 nitrogen and oxygen atoms in total. The van der Waals surface area contributed by atoms with Crippen LogP contribution in [0.15, 0.2) is 82.8 Å². The van der Waals surface area contributed by atoms with E-state index in [-0.39, 0.29) is 4.90 Å². The van der Waals surface area contributed by atoms with Crippen molar-refractivity contribution in [3.8, 4) is 11.5 Å². The second kappa shape index (κ2) is 13.5. The van der Waals surface area contributed by atoms with Crippen LogP contribution in [0.25, 0.3) is 0 Å². The number of hydrogen-bond acceptors (Lipinski definition) is 6. The molecule has 1 N–H and O–H groups in total. The fraction of sp³-hybridized carbons (Fsp3) is 0.286. The summed E-state index contributed by atoms with van der Waals surface area (Å²) in [5, 5.41) is 3.99. The lowest BCUT2D eigenvalue weighted by atomic mass is 10.2. The molecule has 0 atom stereocenters. The third-order valence-corrected chi connectivity index (χ3v) is 7.17. The molecular formula is C28H33N3O5S. The Labute approximate surface area is 219 Å². The van der Waals surface area contributed by atoms with Crippen LogP contribution in [0.5, 0.6) is 11.5 Å². The Hall–Kier alpha value is -3.85. The Kier molecular flexibility index (Phi) is 10.1. The molecule has 196 valence electrons. The smallest absolute Gasteiger partial charge is 0.264 e. The summed E-state index contributed by atoms with van der Waals surface area (Å²) in [6.45, 7) is 6.55. The Bertz CT molecular complexity index is 1270. The minimum atomic E-state index is -4.03. The Morgan fingerprint density at radius 2 is 1.54 bits per heavy atom. The highest BCUT2D eigenvalue weighted by Crippen LogP contribution is 2.25. The number of sulfonamides is 1. The van der Waals surface area contributed by atoms with Crippen molar-refractivity contribution in [2.45, 2.75) is 38.5 Å². The summed E-state index contributed by atoms with van der Waals surface area (Å²) in [5.74, 6) is 0.754. The van der Waals surface area contributed by atoms with Gasteiger partial charge in [0, 0.05) is 0 Å². The van der Waals surface area contributed by atoms with E-state index >= 15 is 0 Å². The van der Waals surface area contributed by atoms with E-state index in [9.17, 15) is 13.2 Å². The van der Waals surface area contributed by atoms with Crippen LogP contribution in [0.1, 0.15) is 37.8 Å². The molecule has 3 rings (SSSR count). The molecule has 9 heteroatoms. The number of benzene rings is 3. The van der Waals surface area contributed by atoms with Gasteiger partial charge in [0.05, 0.1) is 30.0 Å². The lowest BCUT2D eigenvalue weighted by Crippen LogP contribution is -2.39. The molecule has 3 aromatic carbocycles. The molecule has 0 aromatic heterocycles. The van der Waals surface area contributed by atoms with Gasteiger partial charge in [-0.25, -0.2) is 13.8 Å². The van der Waals surface area contributed by atoms with E-state index < -0.39 is 22.5 Å². The second-order valence-electron chi connectivity index (χ2n) is 8.32. The van der Waals surface area contributed by atoms with Crippen molar-refractivity contribution >= 4 is 27.8 Å². The van der Waals surface area contributed by atoms with Crippen molar-refractivity contribution < 1.29 is 22.7 Å². The lowest BCUT2D eigenvalue weighted by molar-refractivity contribution is -0.119. The maximum atomic E-state index is 13.5. The normalized spacial score (nSPS) is 11.3. The third kappa shape index (κ3) is 8.08. The van der Waals surface area contributed by atoms with Gasteiger partial charge in [-0.05, 0) is 86.5 Å². The van der Waals surface area contributed by atoms with Gasteiger partial charge in [-0.1, -0.05) is 31.0 Å². The number of ether oxygens (including phenoxy) is 2. The molecule has 0 aliphatic carbocycles. The number of amides is 1. The molecule has 0 fully saturated rings. The van der Waals surface area contributed by atoms with E-state index in [0.29, 0.717) is 24.7 Å². The van der Waals surface area contributed by atoms with E-state index in [2.05, 4.69) is 17.5 Å². The van der Waals surface area contributed by atoms with Crippen LogP contribution in [-0.4, -0.2) is 40.3 Å². The van der Waals surface area contributed by atoms with Crippen LogP contribution in [0.2, 0.25) is 0 Å². The summed E-state index contributed by atoms with van der Waals surface area (Å²) >= 11 is 0. The molecule has 0 spiro atoms. The van der Waals surface area contributed by atoms with Gasteiger partial charge >= 0.3 is 0 Å². The zero-order chi connectivity index (χ0) is 26.7. The maximum absolute atomic E-state index is 13.5. The van der Waals surface area contributed by atoms with Gasteiger partial charge in [0.1, 0.15) is 18.0 Å². The lowest BCUT2D eigenvalue weighted by Gasteiger charge is -2.24. The number of hydrazone groups is 1. The second-order valence-corrected chi connectivity index (χ2v) is 10.2. The quantitative estimate of drug-likeness (QED) is 0.195. The van der Waals surface area contributed by atoms with Crippen molar-refractivity contribution in [2.24, 2.45) is 5.10 Å². The first-order valence-electron chi connectivity index (χ1n) is 12.2. The Morgan fingerprint density at radius 3 is 2.16 bits per heavy atom. The van der Waals surface area contributed by atoms with Gasteiger partial charge < -0.3 is 9.47 Å². The van der Waals surface area contributed by atoms with E-state index in [1.807, 2.05) is 38.1 Å². The number of carbonyl (C=O) groups is 1. The summed E-state index contributed by atoms with van der Waals surface area (Å²) in [4.78, 5) is 12.8. The maximum Gasteiger partial charge on any atom is 0.264 e. The van der Waals surface area contributed by atoms with Crippen molar-refractivity contribution in [2.75, 3.05) is 24.1 Å². The number of carbonyl (C=O) groups excluding carboxylic acids is 1. The molecule has 0 bridgehead atoms. The fourth-order valence-corrected chi connectivity index (χ4v) is 4.78. The molecule has 0 radical (unpaired) electrons. The molecule has 0 heterocycles. The van der Waals surface area contributed by atoms with Crippen molar-refractivity contribution in [3.05, 3.63) is 83.9 Å². The van der Waals surface area contributed by atoms with Crippen molar-refractivity contribution in [1.29, 1.82) is 0 Å². The van der Waals surface area contributed by atoms with Crippen LogP contribution >= 0.6 is 0 Å². The minimum Gasteiger partial charge on any atom is -0.494 e. The average Bonchev–Trinajstić information content (AvgIpc) is 2.89. The number of rotatable bonds is 13. The number of anilines is 1. The molecule has 1 amide bonds. The first-order valence-corrected chi connectivity index (χ1v) is 13.6. The molecule has 0 aliphatic heterocycles. The van der Waals surface area contributed by atoms with E-state index in [1.165, 1.54) is 18.3 Å². The highest BCUT2D eigenvalue weighted by atomic mass is 32.2. The number of hydrogen-bond donors (Lipinski definition) is 1. The summed E-state index contributed by atoms with van der Waals surface area (Å²) in [6.07, 6.45) is 3.54. The van der Waals surface area contributed by atoms with Crippen molar-refractivity contribution in [3.63, 3.8) is 0 Å². The molecule has 3 aromatic rings. The van der Waals surface area contributed by atoms with Crippen LogP contribution in [0.4, 0.5) is 5.69 Å². The summed E-state index contributed by atoms with van der Waals surface area (Å²) in [5.41, 5.74) is 4.53. The first-order chi connectivity index (χ1) is 17.8. The average molecular weight is 524 g/mol. The predicted molar refractivity (Wildman–Crippen MR) is 146 cm³/mol. The Morgan fingerprint density at radius 1 is 0.919 bits per heavy atom. The van der Waals surface area contributed by atoms with Gasteiger partial charge in [0.25, 0.3) is 15.9 Å². The largest absolute Gasteiger partial charge is 0.494 e. The standard InChI is InChI=1S/C28H33N3O5S/c1-4-6-19-36-26-13-9-23(10-14-26)20-29-30-28(32)21-31(24-11-7-22(3)8-12-24)37(33,34)27-17-15-25(16-18-27)35-5-2/h7-18,20H,4-6,19,21H2,1-3H3,(H,30,32)/b29-20-. The van der Waals surface area contributed by atoms with Gasteiger partial charge in [-0.15, -0.1) is 0 Å². The topological polar surface area (TPSA) is 97.3 Å². The molecule has 37 heavy (non-hydrogen) atoms. The van der Waals surface area contributed by atoms with Gasteiger partial charge in [0.15, 0.2) is 0 Å². The fourth-order valence-electron chi connectivity index (χ4n) is 3.36. The van der Waals surface area contributed by atoms with E-state index in [0.717, 1.165) is 34.0 Å². The van der Waals surface area contributed by atoms with Gasteiger partial charge in [0.2, 0.25) is 0 Å². The number of nitrogens with zero attached hydrogens (tertiary/aromatic N) is 2. The highest BCUT2D eigenvalue weighted by molar-refractivity contribution is 7.92. The SMILES string of the molecule is CCCCOc1ccc(/C=N\NC(=O)CN(c2ccc(C)cc2)S(=O)(=O)c2ccc(OCC)cc2)cc1. The van der Waals surface area contributed by atoms with E-state index in [4.69, 9.17) is 9.47 Å². The first kappa shape index (κ1) is 27.7. The summed E-state index contributed by atoms with van der Waals surface area (Å²) < 4.78 is 39.1. The molecule has 0 aliphatic rings. The van der Waals surface area contributed by atoms with Gasteiger partial charge in [-0.3, -0.25) is 9.10 Å². The summed E-state index contributed by atoms with van der Waals surface area (Å²) in [6, 6.07) is 20.4. The third-order valence-electron chi connectivity index (χ3n) is 5.38. The van der Waals surface area contributed by atoms with Gasteiger partial charge in [-0.2, -0.15) is 5.10 Å².